The molecule has 0 bridgehead atoms. The average Bonchev–Trinajstić information content (AvgIpc) is 3.05. The summed E-state index contributed by atoms with van der Waals surface area (Å²) in [5.41, 5.74) is 0.519. The molecule has 10 heteroatoms. The highest BCUT2D eigenvalue weighted by Gasteiger charge is 2.30. The van der Waals surface area contributed by atoms with Crippen LogP contribution in [0.5, 0.6) is 0 Å². The lowest BCUT2D eigenvalue weighted by Crippen LogP contribution is -2.28. The van der Waals surface area contributed by atoms with Gasteiger partial charge in [-0.05, 0) is 29.8 Å². The highest BCUT2D eigenvalue weighted by molar-refractivity contribution is 5.92. The largest absolute Gasteiger partial charge is 0.416 e. The predicted octanol–water partition coefficient (Wildman–Crippen LogP) is 2.68. The van der Waals surface area contributed by atoms with Crippen molar-refractivity contribution >= 4 is 5.91 Å². The number of hydrogen-bond donors (Lipinski definition) is 1. The van der Waals surface area contributed by atoms with Gasteiger partial charge in [0.05, 0.1) is 12.1 Å². The van der Waals surface area contributed by atoms with Crippen LogP contribution in [-0.4, -0.2) is 43.6 Å². The fourth-order valence-electron chi connectivity index (χ4n) is 3.52. The molecule has 162 valence electrons. The zero-order chi connectivity index (χ0) is 21.8. The van der Waals surface area contributed by atoms with E-state index in [9.17, 15) is 18.0 Å². The van der Waals surface area contributed by atoms with Gasteiger partial charge in [-0.2, -0.15) is 13.2 Å². The van der Waals surface area contributed by atoms with Gasteiger partial charge < -0.3 is 9.88 Å². The molecule has 0 atom stereocenters. The Morgan fingerprint density at radius 2 is 1.84 bits per heavy atom. The van der Waals surface area contributed by atoms with E-state index in [1.807, 2.05) is 4.57 Å². The molecule has 3 aromatic rings. The maximum atomic E-state index is 12.7. The molecule has 0 fully saturated rings. The first kappa shape index (κ1) is 21.0. The quantitative estimate of drug-likeness (QED) is 0.674. The van der Waals surface area contributed by atoms with Crippen molar-refractivity contribution in [2.24, 2.45) is 0 Å². The molecule has 1 N–H and O–H groups in total. The van der Waals surface area contributed by atoms with Crippen molar-refractivity contribution in [3.63, 3.8) is 0 Å². The van der Waals surface area contributed by atoms with Crippen LogP contribution in [0.1, 0.15) is 33.3 Å². The maximum absolute atomic E-state index is 12.7. The third-order valence-electron chi connectivity index (χ3n) is 5.19. The second kappa shape index (κ2) is 8.84. The maximum Gasteiger partial charge on any atom is 0.416 e. The smallest absolute Gasteiger partial charge is 0.343 e. The molecular formula is C21H21F3N6O. The summed E-state index contributed by atoms with van der Waals surface area (Å²) in [5.74, 6) is 1.21. The molecule has 31 heavy (non-hydrogen) atoms. The number of fused-ring (bicyclic) bond motifs is 1. The zero-order valence-electron chi connectivity index (χ0n) is 16.6. The number of hydrogen-bond acceptors (Lipinski definition) is 5. The van der Waals surface area contributed by atoms with Crippen molar-refractivity contribution in [1.82, 2.24) is 30.0 Å². The van der Waals surface area contributed by atoms with Crippen LogP contribution in [0.4, 0.5) is 13.2 Å². The van der Waals surface area contributed by atoms with E-state index in [1.165, 1.54) is 12.1 Å². The summed E-state index contributed by atoms with van der Waals surface area (Å²) in [4.78, 5) is 18.4. The van der Waals surface area contributed by atoms with Crippen molar-refractivity contribution in [2.75, 3.05) is 13.1 Å². The van der Waals surface area contributed by atoms with Crippen LogP contribution in [0.3, 0.4) is 0 Å². The summed E-state index contributed by atoms with van der Waals surface area (Å²) in [6.45, 7) is 2.86. The average molecular weight is 430 g/mol. The second-order valence-corrected chi connectivity index (χ2v) is 7.30. The molecule has 0 spiro atoms. The molecule has 1 aromatic carbocycles. The first-order valence-electron chi connectivity index (χ1n) is 9.89. The SMILES string of the molecule is O=C(NCc1nnc2n1CCN(Cc1ccc(C(F)(F)F)cc1)CC2)c1ccccn1. The van der Waals surface area contributed by atoms with Gasteiger partial charge >= 0.3 is 6.18 Å². The number of carbonyl (C=O) groups excluding carboxylic acids is 1. The van der Waals surface area contributed by atoms with Gasteiger partial charge in [0.1, 0.15) is 11.5 Å². The minimum Gasteiger partial charge on any atom is -0.343 e. The topological polar surface area (TPSA) is 75.9 Å². The Morgan fingerprint density at radius 3 is 2.55 bits per heavy atom. The number of pyridine rings is 1. The van der Waals surface area contributed by atoms with Crippen molar-refractivity contribution < 1.29 is 18.0 Å². The van der Waals surface area contributed by atoms with Gasteiger partial charge in [0.15, 0.2) is 5.82 Å². The van der Waals surface area contributed by atoms with Gasteiger partial charge in [-0.15, -0.1) is 10.2 Å². The summed E-state index contributed by atoms with van der Waals surface area (Å²) in [6.07, 6.45) is -2.10. The van der Waals surface area contributed by atoms with E-state index in [1.54, 1.807) is 24.4 Å². The van der Waals surface area contributed by atoms with Crippen LogP contribution >= 0.6 is 0 Å². The first-order valence-corrected chi connectivity index (χ1v) is 9.89. The lowest BCUT2D eigenvalue weighted by atomic mass is 10.1. The van der Waals surface area contributed by atoms with Crippen molar-refractivity contribution in [1.29, 1.82) is 0 Å². The Hall–Kier alpha value is -3.27. The van der Waals surface area contributed by atoms with Crippen LogP contribution in [0.15, 0.2) is 48.7 Å². The van der Waals surface area contributed by atoms with E-state index in [0.717, 1.165) is 30.1 Å². The molecule has 0 saturated carbocycles. The van der Waals surface area contributed by atoms with Crippen LogP contribution in [0.25, 0.3) is 0 Å². The fraction of sp³-hybridized carbons (Fsp3) is 0.333. The molecule has 1 amide bonds. The van der Waals surface area contributed by atoms with Crippen LogP contribution in [0, 0.1) is 0 Å². The third-order valence-corrected chi connectivity index (χ3v) is 5.19. The van der Waals surface area contributed by atoms with Gasteiger partial charge in [0.2, 0.25) is 0 Å². The Labute approximate surface area is 176 Å². The number of aromatic nitrogens is 4. The summed E-state index contributed by atoms with van der Waals surface area (Å²) in [7, 11) is 0. The van der Waals surface area contributed by atoms with Crippen molar-refractivity contribution in [3.05, 3.63) is 77.1 Å². The number of amides is 1. The van der Waals surface area contributed by atoms with E-state index in [-0.39, 0.29) is 12.5 Å². The number of alkyl halides is 3. The van der Waals surface area contributed by atoms with Crippen LogP contribution in [0.2, 0.25) is 0 Å². The summed E-state index contributed by atoms with van der Waals surface area (Å²) in [5, 5.41) is 11.3. The molecule has 3 heterocycles. The molecule has 0 saturated heterocycles. The van der Waals surface area contributed by atoms with Crippen LogP contribution in [-0.2, 0) is 32.2 Å². The molecule has 0 aliphatic carbocycles. The summed E-state index contributed by atoms with van der Waals surface area (Å²) < 4.78 is 40.2. The minimum atomic E-state index is -4.33. The van der Waals surface area contributed by atoms with Crippen LogP contribution < -0.4 is 5.32 Å². The van der Waals surface area contributed by atoms with E-state index >= 15 is 0 Å². The van der Waals surface area contributed by atoms with E-state index in [2.05, 4.69) is 25.4 Å². The number of carbonyl (C=O) groups is 1. The zero-order valence-corrected chi connectivity index (χ0v) is 16.6. The van der Waals surface area contributed by atoms with Gasteiger partial charge in [-0.1, -0.05) is 18.2 Å². The third kappa shape index (κ3) is 5.08. The van der Waals surface area contributed by atoms with E-state index < -0.39 is 11.7 Å². The second-order valence-electron chi connectivity index (χ2n) is 7.30. The molecular weight excluding hydrogens is 409 g/mol. The summed E-state index contributed by atoms with van der Waals surface area (Å²) in [6, 6.07) is 10.4. The van der Waals surface area contributed by atoms with Gasteiger partial charge in [-0.3, -0.25) is 14.7 Å². The highest BCUT2D eigenvalue weighted by Crippen LogP contribution is 2.29. The number of halogens is 3. The van der Waals surface area contributed by atoms with Gasteiger partial charge in [0.25, 0.3) is 5.91 Å². The Morgan fingerprint density at radius 1 is 1.03 bits per heavy atom. The number of nitrogens with zero attached hydrogens (tertiary/aromatic N) is 5. The Bertz CT molecular complexity index is 1030. The lowest BCUT2D eigenvalue weighted by molar-refractivity contribution is -0.137. The number of nitrogens with one attached hydrogen (secondary N) is 1. The monoisotopic (exact) mass is 430 g/mol. The Kier molecular flexibility index (Phi) is 5.99. The first-order chi connectivity index (χ1) is 14.9. The Balaban J connectivity index is 1.35. The molecule has 1 aliphatic rings. The van der Waals surface area contributed by atoms with Gasteiger partial charge in [-0.25, -0.2) is 0 Å². The molecule has 4 rings (SSSR count). The van der Waals surface area contributed by atoms with Crippen molar-refractivity contribution in [3.8, 4) is 0 Å². The minimum absolute atomic E-state index is 0.237. The fourth-order valence-corrected chi connectivity index (χ4v) is 3.52. The molecule has 1 aliphatic heterocycles. The molecule has 0 unspecified atom stereocenters. The molecule has 0 radical (unpaired) electrons. The molecule has 2 aromatic heterocycles. The number of benzene rings is 1. The highest BCUT2D eigenvalue weighted by atomic mass is 19.4. The summed E-state index contributed by atoms with van der Waals surface area (Å²) >= 11 is 0. The standard InChI is InChI=1S/C21H21F3N6O/c22-21(23,24)16-6-4-15(5-7-16)14-29-10-8-18-27-28-19(30(18)12-11-29)13-26-20(31)17-3-1-2-9-25-17/h1-7,9H,8,10-14H2,(H,26,31). The predicted molar refractivity (Wildman–Crippen MR) is 106 cm³/mol. The molecule has 7 nitrogen and oxygen atoms in total. The number of rotatable bonds is 5. The van der Waals surface area contributed by atoms with Crippen molar-refractivity contribution in [2.45, 2.75) is 32.2 Å². The normalized spacial score (nSPS) is 14.7. The van der Waals surface area contributed by atoms with E-state index in [4.69, 9.17) is 0 Å². The van der Waals surface area contributed by atoms with E-state index in [0.29, 0.717) is 37.6 Å². The van der Waals surface area contributed by atoms with Gasteiger partial charge in [0, 0.05) is 38.8 Å². The lowest BCUT2D eigenvalue weighted by Gasteiger charge is -2.20.